The number of carbonyl (C=O) groups excluding carboxylic acids is 1. The molecule has 0 radical (unpaired) electrons. The van der Waals surface area contributed by atoms with E-state index in [1.807, 2.05) is 12.1 Å². The quantitative estimate of drug-likeness (QED) is 0.756. The molecular formula is C23H34N2O4. The second-order valence-corrected chi connectivity index (χ2v) is 8.86. The van der Waals surface area contributed by atoms with Gasteiger partial charge in [-0.15, -0.1) is 0 Å². The maximum absolute atomic E-state index is 11.7. The predicted octanol–water partition coefficient (Wildman–Crippen LogP) is 3.07. The van der Waals surface area contributed by atoms with E-state index in [0.29, 0.717) is 19.1 Å². The van der Waals surface area contributed by atoms with E-state index >= 15 is 0 Å². The number of fused-ring (bicyclic) bond motifs is 1. The number of rotatable bonds is 7. The summed E-state index contributed by atoms with van der Waals surface area (Å²) in [6, 6.07) is 6.14. The van der Waals surface area contributed by atoms with Crippen molar-refractivity contribution in [3.63, 3.8) is 0 Å². The number of hydrogen-bond acceptors (Lipinski definition) is 6. The summed E-state index contributed by atoms with van der Waals surface area (Å²) >= 11 is 0. The first-order valence-electron chi connectivity index (χ1n) is 11.2. The number of benzene rings is 1. The monoisotopic (exact) mass is 402 g/mol. The lowest BCUT2D eigenvalue weighted by atomic mass is 9.78. The number of aliphatic hydroxyl groups excluding tert-OH is 1. The van der Waals surface area contributed by atoms with Gasteiger partial charge in [0, 0.05) is 32.6 Å². The van der Waals surface area contributed by atoms with Gasteiger partial charge in [-0.05, 0) is 56.7 Å². The molecule has 29 heavy (non-hydrogen) atoms. The minimum Gasteiger partial charge on any atom is -0.454 e. The molecule has 1 aliphatic carbocycles. The Bertz CT molecular complexity index is 692. The van der Waals surface area contributed by atoms with Crippen molar-refractivity contribution in [1.29, 1.82) is 0 Å². The lowest BCUT2D eigenvalue weighted by Crippen LogP contribution is -2.47. The third kappa shape index (κ3) is 5.04. The highest BCUT2D eigenvalue weighted by Gasteiger charge is 2.27. The number of aliphatic hydroxyl groups is 1. The van der Waals surface area contributed by atoms with Gasteiger partial charge in [-0.1, -0.05) is 18.9 Å². The van der Waals surface area contributed by atoms with E-state index in [2.05, 4.69) is 15.9 Å². The standard InChI is InChI=1S/C23H34N2O4/c1-17(26)21(27)15-19-7-5-18(6-8-19)9-10-24-11-13-25(14-12-24)20-3-2-4-22-23(20)29-16-28-22/h2-4,17-19,26H,5-16H2,1H3/t17-,18?,19?/m1/s1. The topological polar surface area (TPSA) is 62.2 Å². The molecule has 3 aliphatic rings. The van der Waals surface area contributed by atoms with Crippen LogP contribution in [-0.2, 0) is 4.79 Å². The van der Waals surface area contributed by atoms with Crippen molar-refractivity contribution >= 4 is 11.5 Å². The molecule has 2 fully saturated rings. The van der Waals surface area contributed by atoms with Crippen LogP contribution in [0.4, 0.5) is 5.69 Å². The Morgan fingerprint density at radius 1 is 1.10 bits per heavy atom. The van der Waals surface area contributed by atoms with Crippen LogP contribution in [0.15, 0.2) is 18.2 Å². The third-order valence-corrected chi connectivity index (χ3v) is 6.86. The van der Waals surface area contributed by atoms with Crippen LogP contribution in [0.5, 0.6) is 11.5 Å². The smallest absolute Gasteiger partial charge is 0.231 e. The van der Waals surface area contributed by atoms with Gasteiger partial charge in [-0.25, -0.2) is 0 Å². The molecule has 2 heterocycles. The second kappa shape index (κ2) is 9.35. The minimum atomic E-state index is -0.803. The Morgan fingerprint density at radius 3 is 2.55 bits per heavy atom. The molecule has 6 nitrogen and oxygen atoms in total. The summed E-state index contributed by atoms with van der Waals surface area (Å²) in [5, 5.41) is 9.40. The zero-order chi connectivity index (χ0) is 20.2. The molecular weight excluding hydrogens is 368 g/mol. The molecule has 160 valence electrons. The molecule has 1 atom stereocenters. The molecule has 6 heteroatoms. The van der Waals surface area contributed by atoms with Gasteiger partial charge in [0.25, 0.3) is 0 Å². The van der Waals surface area contributed by atoms with E-state index in [1.54, 1.807) is 6.92 Å². The first-order valence-corrected chi connectivity index (χ1v) is 11.2. The van der Waals surface area contributed by atoms with E-state index in [9.17, 15) is 9.90 Å². The molecule has 2 aliphatic heterocycles. The van der Waals surface area contributed by atoms with E-state index in [4.69, 9.17) is 9.47 Å². The van der Waals surface area contributed by atoms with E-state index < -0.39 is 6.10 Å². The fraction of sp³-hybridized carbons (Fsp3) is 0.696. The summed E-state index contributed by atoms with van der Waals surface area (Å²) in [5.74, 6) is 3.03. The van der Waals surface area contributed by atoms with Gasteiger partial charge in [0.1, 0.15) is 6.10 Å². The van der Waals surface area contributed by atoms with Crippen molar-refractivity contribution in [1.82, 2.24) is 4.90 Å². The van der Waals surface area contributed by atoms with E-state index in [0.717, 1.165) is 62.1 Å². The summed E-state index contributed by atoms with van der Waals surface area (Å²) in [6.07, 6.45) is 5.74. The molecule has 1 N–H and O–H groups in total. The number of ether oxygens (including phenoxy) is 2. The van der Waals surface area contributed by atoms with Gasteiger partial charge in [0.15, 0.2) is 17.3 Å². The van der Waals surface area contributed by atoms with Gasteiger partial charge < -0.3 is 19.5 Å². The first-order chi connectivity index (χ1) is 14.1. The summed E-state index contributed by atoms with van der Waals surface area (Å²) in [6.45, 7) is 7.29. The van der Waals surface area contributed by atoms with Crippen molar-refractivity contribution in [2.24, 2.45) is 11.8 Å². The lowest BCUT2D eigenvalue weighted by molar-refractivity contribution is -0.127. The number of nitrogens with zero attached hydrogens (tertiary/aromatic N) is 2. The maximum Gasteiger partial charge on any atom is 0.231 e. The zero-order valence-corrected chi connectivity index (χ0v) is 17.5. The summed E-state index contributed by atoms with van der Waals surface area (Å²) < 4.78 is 11.2. The molecule has 0 unspecified atom stereocenters. The molecule has 1 aromatic carbocycles. The average Bonchev–Trinajstić information content (AvgIpc) is 3.22. The Labute approximate surface area is 173 Å². The van der Waals surface area contributed by atoms with Crippen LogP contribution in [0.3, 0.4) is 0 Å². The Morgan fingerprint density at radius 2 is 1.83 bits per heavy atom. The molecule has 1 aromatic rings. The summed E-state index contributed by atoms with van der Waals surface area (Å²) in [7, 11) is 0. The normalized spacial score (nSPS) is 25.8. The molecule has 4 rings (SSSR count). The number of carbonyl (C=O) groups is 1. The van der Waals surface area contributed by atoms with Gasteiger partial charge in [0.05, 0.1) is 5.69 Å². The second-order valence-electron chi connectivity index (χ2n) is 8.86. The zero-order valence-electron chi connectivity index (χ0n) is 17.5. The predicted molar refractivity (Wildman–Crippen MR) is 113 cm³/mol. The van der Waals surface area contributed by atoms with Crippen LogP contribution in [0.25, 0.3) is 0 Å². The van der Waals surface area contributed by atoms with Crippen LogP contribution in [0, 0.1) is 11.8 Å². The number of piperazine rings is 1. The molecule has 0 spiro atoms. The van der Waals surface area contributed by atoms with Crippen LogP contribution in [0.1, 0.15) is 45.4 Å². The highest BCUT2D eigenvalue weighted by Crippen LogP contribution is 2.41. The van der Waals surface area contributed by atoms with Crippen molar-refractivity contribution < 1.29 is 19.4 Å². The molecule has 0 bridgehead atoms. The first kappa shape index (κ1) is 20.5. The van der Waals surface area contributed by atoms with Crippen molar-refractivity contribution in [3.8, 4) is 11.5 Å². The largest absolute Gasteiger partial charge is 0.454 e. The summed E-state index contributed by atoms with van der Waals surface area (Å²) in [4.78, 5) is 16.7. The van der Waals surface area contributed by atoms with E-state index in [1.165, 1.54) is 25.8 Å². The highest BCUT2D eigenvalue weighted by atomic mass is 16.7. The van der Waals surface area contributed by atoms with Crippen LogP contribution >= 0.6 is 0 Å². The van der Waals surface area contributed by atoms with Crippen LogP contribution in [0.2, 0.25) is 0 Å². The van der Waals surface area contributed by atoms with Gasteiger partial charge in [-0.3, -0.25) is 9.69 Å². The van der Waals surface area contributed by atoms with Crippen molar-refractivity contribution in [2.45, 2.75) is 51.6 Å². The number of Topliss-reactive ketones (excluding diaryl/α,β-unsaturated/α-hetero) is 1. The SMILES string of the molecule is C[C@@H](O)C(=O)CC1CCC(CCN2CCN(c3cccc4c3OCO4)CC2)CC1. The molecule has 1 saturated heterocycles. The Kier molecular flexibility index (Phi) is 6.60. The minimum absolute atomic E-state index is 0.00680. The van der Waals surface area contributed by atoms with E-state index in [-0.39, 0.29) is 5.78 Å². The van der Waals surface area contributed by atoms with Crippen LogP contribution < -0.4 is 14.4 Å². The highest BCUT2D eigenvalue weighted by molar-refractivity contribution is 5.82. The summed E-state index contributed by atoms with van der Waals surface area (Å²) in [5.41, 5.74) is 1.16. The number of anilines is 1. The maximum atomic E-state index is 11.7. The third-order valence-electron chi connectivity index (χ3n) is 6.86. The van der Waals surface area contributed by atoms with Crippen molar-refractivity contribution in [3.05, 3.63) is 18.2 Å². The lowest BCUT2D eigenvalue weighted by Gasteiger charge is -2.37. The van der Waals surface area contributed by atoms with Gasteiger partial charge >= 0.3 is 0 Å². The fourth-order valence-electron chi connectivity index (χ4n) is 4.92. The number of para-hydroxylation sites is 1. The Hall–Kier alpha value is -1.79. The van der Waals surface area contributed by atoms with Gasteiger partial charge in [0.2, 0.25) is 6.79 Å². The molecule has 1 saturated carbocycles. The molecule has 0 amide bonds. The molecule has 0 aromatic heterocycles. The average molecular weight is 403 g/mol. The van der Waals surface area contributed by atoms with Gasteiger partial charge in [-0.2, -0.15) is 0 Å². The number of ketones is 1. The number of hydrogen-bond donors (Lipinski definition) is 1. The van der Waals surface area contributed by atoms with Crippen molar-refractivity contribution in [2.75, 3.05) is 44.4 Å². The Balaban J connectivity index is 1.17. The fourth-order valence-corrected chi connectivity index (χ4v) is 4.92. The van der Waals surface area contributed by atoms with Crippen LogP contribution in [-0.4, -0.2) is 61.4 Å².